The minimum absolute atomic E-state index is 0.360. The average molecular weight is 287 g/mol. The van der Waals surface area contributed by atoms with Gasteiger partial charge in [-0.15, -0.1) is 0 Å². The Bertz CT molecular complexity index is 606. The van der Waals surface area contributed by atoms with Crippen molar-refractivity contribution in [2.45, 2.75) is 31.8 Å². The summed E-state index contributed by atoms with van der Waals surface area (Å²) in [5, 5.41) is 3.61. The Kier molecular flexibility index (Phi) is 4.15. The molecule has 3 rings (SSSR count). The van der Waals surface area contributed by atoms with Gasteiger partial charge in [-0.25, -0.2) is 0 Å². The fraction of sp³-hybridized carbons (Fsp3) is 0.412. The topological polar surface area (TPSA) is 43.6 Å². The first-order valence-electron chi connectivity index (χ1n) is 7.32. The van der Waals surface area contributed by atoms with Crippen LogP contribution < -0.4 is 14.8 Å². The first-order valence-corrected chi connectivity index (χ1v) is 7.32. The standard InChI is InChI=1S/C17H21NO3/c1-19-13-7-6-12(17(10-13)20-2)11-18-15-4-3-5-16-14(15)8-9-21-16/h6-10,15,18H,3-5,11H2,1-2H3/t15-/m0/s1. The molecule has 0 unspecified atom stereocenters. The van der Waals surface area contributed by atoms with Crippen LogP contribution in [-0.2, 0) is 13.0 Å². The Morgan fingerprint density at radius 2 is 2.14 bits per heavy atom. The van der Waals surface area contributed by atoms with E-state index in [2.05, 4.69) is 11.4 Å². The number of fused-ring (bicyclic) bond motifs is 1. The molecule has 1 heterocycles. The normalized spacial score (nSPS) is 17.3. The molecule has 112 valence electrons. The van der Waals surface area contributed by atoms with Gasteiger partial charge in [0.1, 0.15) is 17.3 Å². The molecular weight excluding hydrogens is 266 g/mol. The molecule has 0 radical (unpaired) electrons. The lowest BCUT2D eigenvalue weighted by atomic mass is 9.93. The lowest BCUT2D eigenvalue weighted by molar-refractivity contribution is 0.383. The van der Waals surface area contributed by atoms with Crippen LogP contribution >= 0.6 is 0 Å². The van der Waals surface area contributed by atoms with E-state index in [1.807, 2.05) is 18.2 Å². The number of rotatable bonds is 5. The van der Waals surface area contributed by atoms with Crippen LogP contribution in [0, 0.1) is 0 Å². The van der Waals surface area contributed by atoms with E-state index in [0.29, 0.717) is 6.04 Å². The summed E-state index contributed by atoms with van der Waals surface area (Å²) >= 11 is 0. The van der Waals surface area contributed by atoms with Gasteiger partial charge in [0.15, 0.2) is 0 Å². The minimum Gasteiger partial charge on any atom is -0.497 e. The van der Waals surface area contributed by atoms with Gasteiger partial charge >= 0.3 is 0 Å². The predicted octanol–water partition coefficient (Wildman–Crippen LogP) is 3.46. The van der Waals surface area contributed by atoms with Crippen LogP contribution in [0.1, 0.15) is 35.8 Å². The minimum atomic E-state index is 0.360. The number of nitrogens with one attached hydrogen (secondary N) is 1. The molecule has 0 spiro atoms. The zero-order valence-electron chi connectivity index (χ0n) is 12.5. The first-order chi connectivity index (χ1) is 10.3. The number of hydrogen-bond donors (Lipinski definition) is 1. The van der Waals surface area contributed by atoms with E-state index in [1.165, 1.54) is 5.56 Å². The summed E-state index contributed by atoms with van der Waals surface area (Å²) in [5.41, 5.74) is 2.43. The molecule has 1 aliphatic carbocycles. The van der Waals surface area contributed by atoms with Gasteiger partial charge in [0.25, 0.3) is 0 Å². The molecule has 0 saturated heterocycles. The highest BCUT2D eigenvalue weighted by Gasteiger charge is 2.22. The van der Waals surface area contributed by atoms with E-state index in [1.54, 1.807) is 20.5 Å². The monoisotopic (exact) mass is 287 g/mol. The third-order valence-electron chi connectivity index (χ3n) is 4.09. The number of methoxy groups -OCH3 is 2. The summed E-state index contributed by atoms with van der Waals surface area (Å²) in [7, 11) is 3.35. The van der Waals surface area contributed by atoms with Gasteiger partial charge in [0.05, 0.1) is 20.5 Å². The van der Waals surface area contributed by atoms with Crippen molar-refractivity contribution < 1.29 is 13.9 Å². The summed E-state index contributed by atoms with van der Waals surface area (Å²) in [6.07, 6.45) is 5.15. The number of benzene rings is 1. The number of furan rings is 1. The van der Waals surface area contributed by atoms with Crippen LogP contribution in [-0.4, -0.2) is 14.2 Å². The molecule has 1 N–H and O–H groups in total. The van der Waals surface area contributed by atoms with Crippen molar-refractivity contribution in [3.8, 4) is 11.5 Å². The van der Waals surface area contributed by atoms with Crippen LogP contribution in [0.25, 0.3) is 0 Å². The van der Waals surface area contributed by atoms with Gasteiger partial charge < -0.3 is 19.2 Å². The maximum Gasteiger partial charge on any atom is 0.127 e. The van der Waals surface area contributed by atoms with Crippen LogP contribution in [0.4, 0.5) is 0 Å². The Balaban J connectivity index is 1.71. The molecule has 21 heavy (non-hydrogen) atoms. The fourth-order valence-electron chi connectivity index (χ4n) is 2.93. The SMILES string of the molecule is COc1ccc(CN[C@H]2CCCc3occc32)c(OC)c1. The summed E-state index contributed by atoms with van der Waals surface area (Å²) in [6.45, 7) is 0.766. The Hall–Kier alpha value is -1.94. The third-order valence-corrected chi connectivity index (χ3v) is 4.09. The van der Waals surface area contributed by atoms with Crippen molar-refractivity contribution in [1.29, 1.82) is 0 Å². The highest BCUT2D eigenvalue weighted by molar-refractivity contribution is 5.40. The number of aryl methyl sites for hydroxylation is 1. The van der Waals surface area contributed by atoms with Crippen molar-refractivity contribution >= 4 is 0 Å². The summed E-state index contributed by atoms with van der Waals surface area (Å²) < 4.78 is 16.2. The Morgan fingerprint density at radius 1 is 1.24 bits per heavy atom. The average Bonchev–Trinajstić information content (AvgIpc) is 3.01. The van der Waals surface area contributed by atoms with Crippen molar-refractivity contribution in [3.05, 3.63) is 47.4 Å². The molecule has 1 aliphatic rings. The van der Waals surface area contributed by atoms with Crippen LogP contribution in [0.3, 0.4) is 0 Å². The zero-order chi connectivity index (χ0) is 14.7. The summed E-state index contributed by atoms with van der Waals surface area (Å²) in [6, 6.07) is 8.37. The highest BCUT2D eigenvalue weighted by Crippen LogP contribution is 2.31. The molecule has 0 bridgehead atoms. The molecule has 0 aliphatic heterocycles. The molecule has 0 amide bonds. The lowest BCUT2D eigenvalue weighted by Crippen LogP contribution is -2.24. The molecule has 4 nitrogen and oxygen atoms in total. The van der Waals surface area contributed by atoms with Gasteiger partial charge in [-0.05, 0) is 25.0 Å². The quantitative estimate of drug-likeness (QED) is 0.914. The van der Waals surface area contributed by atoms with E-state index < -0.39 is 0 Å². The molecule has 2 aromatic rings. The predicted molar refractivity (Wildman–Crippen MR) is 80.8 cm³/mol. The smallest absolute Gasteiger partial charge is 0.127 e. The molecule has 0 fully saturated rings. The first kappa shape index (κ1) is 14.0. The van der Waals surface area contributed by atoms with Crippen molar-refractivity contribution in [2.75, 3.05) is 14.2 Å². The maximum atomic E-state index is 5.53. The van der Waals surface area contributed by atoms with Gasteiger partial charge in [-0.3, -0.25) is 0 Å². The molecule has 0 saturated carbocycles. The van der Waals surface area contributed by atoms with Crippen LogP contribution in [0.2, 0.25) is 0 Å². The van der Waals surface area contributed by atoms with E-state index in [0.717, 1.165) is 48.6 Å². The maximum absolute atomic E-state index is 5.53. The van der Waals surface area contributed by atoms with Crippen molar-refractivity contribution in [1.82, 2.24) is 5.32 Å². The molecule has 1 aromatic heterocycles. The van der Waals surface area contributed by atoms with Crippen LogP contribution in [0.5, 0.6) is 11.5 Å². The molecule has 4 heteroatoms. The van der Waals surface area contributed by atoms with Gasteiger partial charge in [0, 0.05) is 36.2 Å². The van der Waals surface area contributed by atoms with E-state index in [-0.39, 0.29) is 0 Å². The van der Waals surface area contributed by atoms with Crippen LogP contribution in [0.15, 0.2) is 34.9 Å². The third kappa shape index (κ3) is 2.90. The van der Waals surface area contributed by atoms with Gasteiger partial charge in [0.2, 0.25) is 0 Å². The highest BCUT2D eigenvalue weighted by atomic mass is 16.5. The second-order valence-corrected chi connectivity index (χ2v) is 5.30. The molecule has 1 atom stereocenters. The van der Waals surface area contributed by atoms with E-state index in [9.17, 15) is 0 Å². The van der Waals surface area contributed by atoms with Gasteiger partial charge in [-0.2, -0.15) is 0 Å². The van der Waals surface area contributed by atoms with E-state index in [4.69, 9.17) is 13.9 Å². The second-order valence-electron chi connectivity index (χ2n) is 5.30. The van der Waals surface area contributed by atoms with Crippen molar-refractivity contribution in [2.24, 2.45) is 0 Å². The zero-order valence-corrected chi connectivity index (χ0v) is 12.5. The van der Waals surface area contributed by atoms with Gasteiger partial charge in [-0.1, -0.05) is 6.07 Å². The van der Waals surface area contributed by atoms with Crippen molar-refractivity contribution in [3.63, 3.8) is 0 Å². The molecular formula is C17H21NO3. The summed E-state index contributed by atoms with van der Waals surface area (Å²) in [5.74, 6) is 2.79. The van der Waals surface area contributed by atoms with E-state index >= 15 is 0 Å². The largest absolute Gasteiger partial charge is 0.497 e. The fourth-order valence-corrected chi connectivity index (χ4v) is 2.93. The Labute approximate surface area is 125 Å². The second kappa shape index (κ2) is 6.22. The number of ether oxygens (including phenoxy) is 2. The number of hydrogen-bond acceptors (Lipinski definition) is 4. The lowest BCUT2D eigenvalue weighted by Gasteiger charge is -2.23. The summed E-state index contributed by atoms with van der Waals surface area (Å²) in [4.78, 5) is 0. The Morgan fingerprint density at radius 3 is 2.95 bits per heavy atom. The molecule has 1 aromatic carbocycles.